The Kier molecular flexibility index (Phi) is 5.90. The van der Waals surface area contributed by atoms with Crippen LogP contribution in [0.2, 0.25) is 0 Å². The third kappa shape index (κ3) is 4.89. The number of hydrogen-bond donors (Lipinski definition) is 3. The summed E-state index contributed by atoms with van der Waals surface area (Å²) in [5.41, 5.74) is 11.3. The van der Waals surface area contributed by atoms with Gasteiger partial charge in [-0.15, -0.1) is 11.3 Å². The molecule has 0 fully saturated rings. The molecule has 0 aromatic carbocycles. The van der Waals surface area contributed by atoms with Crippen molar-refractivity contribution in [2.45, 2.75) is 39.2 Å². The van der Waals surface area contributed by atoms with Crippen LogP contribution in [-0.2, 0) is 6.42 Å². The molecule has 0 saturated carbocycles. The second kappa shape index (κ2) is 6.98. The molecule has 19 heavy (non-hydrogen) atoms. The van der Waals surface area contributed by atoms with Crippen LogP contribution in [0.4, 0.5) is 0 Å². The lowest BCUT2D eigenvalue weighted by Gasteiger charge is -2.30. The van der Waals surface area contributed by atoms with Gasteiger partial charge in [-0.2, -0.15) is 0 Å². The van der Waals surface area contributed by atoms with Crippen LogP contribution in [-0.4, -0.2) is 29.5 Å². The smallest absolute Gasteiger partial charge is 0.271 e. The van der Waals surface area contributed by atoms with Gasteiger partial charge in [0.25, 0.3) is 5.91 Å². The highest BCUT2D eigenvalue weighted by Gasteiger charge is 2.27. The fraction of sp³-hybridized carbons (Fsp3) is 0.692. The summed E-state index contributed by atoms with van der Waals surface area (Å²) in [5, 5.41) is 5.66. The van der Waals surface area contributed by atoms with Gasteiger partial charge < -0.3 is 16.8 Å². The van der Waals surface area contributed by atoms with Crippen molar-refractivity contribution < 1.29 is 4.79 Å². The van der Waals surface area contributed by atoms with Crippen LogP contribution in [0.3, 0.4) is 0 Å². The summed E-state index contributed by atoms with van der Waals surface area (Å²) >= 11 is 1.47. The molecule has 1 aromatic rings. The van der Waals surface area contributed by atoms with E-state index in [0.29, 0.717) is 31.1 Å². The van der Waals surface area contributed by atoms with E-state index in [-0.39, 0.29) is 11.4 Å². The van der Waals surface area contributed by atoms with Crippen molar-refractivity contribution in [2.75, 3.05) is 13.1 Å². The van der Waals surface area contributed by atoms with Crippen LogP contribution >= 0.6 is 11.3 Å². The van der Waals surface area contributed by atoms with Crippen molar-refractivity contribution >= 4 is 17.2 Å². The van der Waals surface area contributed by atoms with Gasteiger partial charge in [-0.3, -0.25) is 4.79 Å². The van der Waals surface area contributed by atoms with E-state index in [0.717, 1.165) is 11.4 Å². The van der Waals surface area contributed by atoms with E-state index in [2.05, 4.69) is 24.1 Å². The van der Waals surface area contributed by atoms with Crippen LogP contribution in [0, 0.1) is 5.92 Å². The maximum absolute atomic E-state index is 12.2. The number of nitrogens with zero attached hydrogens (tertiary/aromatic N) is 1. The average molecular weight is 284 g/mol. The molecular formula is C13H24N4OS. The van der Waals surface area contributed by atoms with Gasteiger partial charge in [0.15, 0.2) is 0 Å². The van der Waals surface area contributed by atoms with Crippen molar-refractivity contribution in [1.82, 2.24) is 10.3 Å². The lowest BCUT2D eigenvalue weighted by molar-refractivity contribution is 0.0893. The predicted octanol–water partition coefficient (Wildman–Crippen LogP) is 1.14. The van der Waals surface area contributed by atoms with E-state index in [9.17, 15) is 4.79 Å². The molecule has 1 rings (SSSR count). The van der Waals surface area contributed by atoms with E-state index < -0.39 is 0 Å². The Labute approximate surface area is 118 Å². The normalized spacial score (nSPS) is 14.4. The SMILES string of the molecule is CC(C)CC(C)(CN)NC(=O)c1csc(CCN)n1. The Morgan fingerprint density at radius 3 is 2.74 bits per heavy atom. The molecule has 1 heterocycles. The summed E-state index contributed by atoms with van der Waals surface area (Å²) in [6.45, 7) is 7.15. The molecule has 0 aliphatic carbocycles. The van der Waals surface area contributed by atoms with E-state index in [1.807, 2.05) is 6.92 Å². The number of rotatable bonds is 7. The molecule has 1 aromatic heterocycles. The van der Waals surface area contributed by atoms with Gasteiger partial charge in [-0.1, -0.05) is 13.8 Å². The fourth-order valence-corrected chi connectivity index (χ4v) is 2.87. The maximum atomic E-state index is 12.2. The molecule has 108 valence electrons. The summed E-state index contributed by atoms with van der Waals surface area (Å²) in [6.07, 6.45) is 1.55. The lowest BCUT2D eigenvalue weighted by atomic mass is 9.90. The molecule has 0 saturated heterocycles. The highest BCUT2D eigenvalue weighted by atomic mass is 32.1. The Balaban J connectivity index is 2.70. The minimum absolute atomic E-state index is 0.159. The lowest BCUT2D eigenvalue weighted by Crippen LogP contribution is -2.52. The van der Waals surface area contributed by atoms with Crippen molar-refractivity contribution in [3.8, 4) is 0 Å². The average Bonchev–Trinajstić information content (AvgIpc) is 2.77. The Bertz CT molecular complexity index is 419. The molecule has 5 nitrogen and oxygen atoms in total. The first kappa shape index (κ1) is 16.1. The molecule has 1 atom stereocenters. The van der Waals surface area contributed by atoms with Gasteiger partial charge in [-0.25, -0.2) is 4.98 Å². The van der Waals surface area contributed by atoms with E-state index in [4.69, 9.17) is 11.5 Å². The standard InChI is InChI=1S/C13H24N4OS/c1-9(2)6-13(3,8-15)17-12(18)10-7-19-11(16-10)4-5-14/h7,9H,4-6,8,14-15H2,1-3H3,(H,17,18). The number of thiazole rings is 1. The molecule has 1 unspecified atom stereocenters. The summed E-state index contributed by atoms with van der Waals surface area (Å²) in [7, 11) is 0. The maximum Gasteiger partial charge on any atom is 0.271 e. The minimum Gasteiger partial charge on any atom is -0.344 e. The highest BCUT2D eigenvalue weighted by molar-refractivity contribution is 7.09. The van der Waals surface area contributed by atoms with Crippen LogP contribution in [0.25, 0.3) is 0 Å². The summed E-state index contributed by atoms with van der Waals surface area (Å²) in [6, 6.07) is 0. The number of carbonyl (C=O) groups is 1. The number of hydrogen-bond acceptors (Lipinski definition) is 5. The van der Waals surface area contributed by atoms with Crippen LogP contribution < -0.4 is 16.8 Å². The molecule has 5 N–H and O–H groups in total. The fourth-order valence-electron chi connectivity index (χ4n) is 2.08. The molecule has 6 heteroatoms. The van der Waals surface area contributed by atoms with Gasteiger partial charge in [0.2, 0.25) is 0 Å². The predicted molar refractivity (Wildman–Crippen MR) is 79.3 cm³/mol. The van der Waals surface area contributed by atoms with Gasteiger partial charge in [0.05, 0.1) is 10.5 Å². The number of nitrogens with two attached hydrogens (primary N) is 2. The zero-order valence-corrected chi connectivity index (χ0v) is 12.7. The second-order valence-electron chi connectivity index (χ2n) is 5.48. The zero-order chi connectivity index (χ0) is 14.5. The van der Waals surface area contributed by atoms with E-state index >= 15 is 0 Å². The summed E-state index contributed by atoms with van der Waals surface area (Å²) < 4.78 is 0. The number of nitrogens with one attached hydrogen (secondary N) is 1. The van der Waals surface area contributed by atoms with Gasteiger partial charge in [0.1, 0.15) is 5.69 Å². The number of aromatic nitrogens is 1. The van der Waals surface area contributed by atoms with Crippen LogP contribution in [0.5, 0.6) is 0 Å². The van der Waals surface area contributed by atoms with Gasteiger partial charge in [0, 0.05) is 18.3 Å². The molecule has 1 amide bonds. The summed E-state index contributed by atoms with van der Waals surface area (Å²) in [5.74, 6) is 0.310. The Morgan fingerprint density at radius 1 is 1.53 bits per heavy atom. The molecule has 0 bridgehead atoms. The molecule has 0 spiro atoms. The van der Waals surface area contributed by atoms with E-state index in [1.54, 1.807) is 5.38 Å². The van der Waals surface area contributed by atoms with Crippen molar-refractivity contribution in [3.63, 3.8) is 0 Å². The topological polar surface area (TPSA) is 94.0 Å². The first-order valence-electron chi connectivity index (χ1n) is 6.57. The highest BCUT2D eigenvalue weighted by Crippen LogP contribution is 2.17. The Hall–Kier alpha value is -0.980. The quantitative estimate of drug-likeness (QED) is 0.700. The van der Waals surface area contributed by atoms with Gasteiger partial charge >= 0.3 is 0 Å². The van der Waals surface area contributed by atoms with Crippen molar-refractivity contribution in [1.29, 1.82) is 0 Å². The monoisotopic (exact) mass is 284 g/mol. The third-order valence-corrected chi connectivity index (χ3v) is 3.78. The molecule has 0 aliphatic rings. The Morgan fingerprint density at radius 2 is 2.21 bits per heavy atom. The summed E-state index contributed by atoms with van der Waals surface area (Å²) in [4.78, 5) is 16.4. The molecule has 0 aliphatic heterocycles. The van der Waals surface area contributed by atoms with Gasteiger partial charge in [-0.05, 0) is 25.8 Å². The number of amides is 1. The zero-order valence-electron chi connectivity index (χ0n) is 11.9. The second-order valence-corrected chi connectivity index (χ2v) is 6.42. The third-order valence-electron chi connectivity index (χ3n) is 2.87. The first-order valence-corrected chi connectivity index (χ1v) is 7.45. The minimum atomic E-state index is -0.386. The van der Waals surface area contributed by atoms with Crippen molar-refractivity contribution in [3.05, 3.63) is 16.1 Å². The van der Waals surface area contributed by atoms with Crippen LogP contribution in [0.15, 0.2) is 5.38 Å². The molecular weight excluding hydrogens is 260 g/mol. The van der Waals surface area contributed by atoms with E-state index in [1.165, 1.54) is 11.3 Å². The first-order chi connectivity index (χ1) is 8.90. The largest absolute Gasteiger partial charge is 0.344 e. The van der Waals surface area contributed by atoms with Crippen molar-refractivity contribution in [2.24, 2.45) is 17.4 Å². The molecule has 0 radical (unpaired) electrons. The number of carbonyl (C=O) groups excluding carboxylic acids is 1. The van der Waals surface area contributed by atoms with Crippen LogP contribution in [0.1, 0.15) is 42.7 Å².